The van der Waals surface area contributed by atoms with E-state index in [0.29, 0.717) is 16.6 Å². The Morgan fingerprint density at radius 3 is 2.63 bits per heavy atom. The SMILES string of the molecule is O=C(Cc1csc(-c2ccc(Cl)s2)n1)NCc1ccc(NC(=O)c2ccco2)cc1. The Morgan fingerprint density at radius 2 is 1.93 bits per heavy atom. The number of anilines is 1. The molecule has 0 aliphatic rings. The van der Waals surface area contributed by atoms with Crippen molar-refractivity contribution in [3.8, 4) is 9.88 Å². The van der Waals surface area contributed by atoms with E-state index >= 15 is 0 Å². The smallest absolute Gasteiger partial charge is 0.291 e. The molecule has 0 unspecified atom stereocenters. The lowest BCUT2D eigenvalue weighted by molar-refractivity contribution is -0.120. The molecule has 0 saturated carbocycles. The summed E-state index contributed by atoms with van der Waals surface area (Å²) in [7, 11) is 0. The first-order valence-electron chi connectivity index (χ1n) is 8.97. The van der Waals surface area contributed by atoms with Crippen LogP contribution < -0.4 is 10.6 Å². The standard InChI is InChI=1S/C21H16ClN3O3S2/c22-18-8-7-17(30-18)21-25-15(12-29-21)10-19(26)23-11-13-3-5-14(6-4-13)24-20(27)16-2-1-9-28-16/h1-9,12H,10-11H2,(H,23,26)(H,24,27). The number of hydrogen-bond donors (Lipinski definition) is 2. The quantitative estimate of drug-likeness (QED) is 0.398. The largest absolute Gasteiger partial charge is 0.459 e. The molecule has 0 saturated heterocycles. The molecule has 2 N–H and O–H groups in total. The number of amides is 2. The van der Waals surface area contributed by atoms with Crippen LogP contribution in [0.3, 0.4) is 0 Å². The summed E-state index contributed by atoms with van der Waals surface area (Å²) >= 11 is 8.93. The number of rotatable bonds is 7. The van der Waals surface area contributed by atoms with Gasteiger partial charge in [0.05, 0.1) is 27.6 Å². The van der Waals surface area contributed by atoms with Crippen LogP contribution in [-0.2, 0) is 17.8 Å². The molecule has 0 fully saturated rings. The number of hydrogen-bond acceptors (Lipinski definition) is 6. The fourth-order valence-corrected chi connectivity index (χ4v) is 4.60. The molecule has 0 spiro atoms. The molecule has 0 atom stereocenters. The van der Waals surface area contributed by atoms with Gasteiger partial charge in [0.15, 0.2) is 5.76 Å². The molecule has 30 heavy (non-hydrogen) atoms. The van der Waals surface area contributed by atoms with E-state index < -0.39 is 0 Å². The highest BCUT2D eigenvalue weighted by atomic mass is 35.5. The van der Waals surface area contributed by atoms with Gasteiger partial charge in [0, 0.05) is 17.6 Å². The molecule has 3 aromatic heterocycles. The highest BCUT2D eigenvalue weighted by Gasteiger charge is 2.11. The van der Waals surface area contributed by atoms with Gasteiger partial charge in [-0.2, -0.15) is 0 Å². The minimum atomic E-state index is -0.312. The Kier molecular flexibility index (Phi) is 6.27. The summed E-state index contributed by atoms with van der Waals surface area (Å²) < 4.78 is 5.78. The zero-order valence-electron chi connectivity index (χ0n) is 15.6. The molecular formula is C21H16ClN3O3S2. The van der Waals surface area contributed by atoms with Crippen LogP contribution in [0.4, 0.5) is 5.69 Å². The van der Waals surface area contributed by atoms with E-state index in [9.17, 15) is 9.59 Å². The van der Waals surface area contributed by atoms with Crippen LogP contribution in [0.25, 0.3) is 9.88 Å². The van der Waals surface area contributed by atoms with Crippen molar-refractivity contribution in [2.45, 2.75) is 13.0 Å². The maximum Gasteiger partial charge on any atom is 0.291 e. The lowest BCUT2D eigenvalue weighted by atomic mass is 10.2. The molecule has 1 aromatic carbocycles. The molecule has 3 heterocycles. The highest BCUT2D eigenvalue weighted by Crippen LogP contribution is 2.32. The van der Waals surface area contributed by atoms with Gasteiger partial charge in [0.25, 0.3) is 5.91 Å². The number of carbonyl (C=O) groups excluding carboxylic acids is 2. The van der Waals surface area contributed by atoms with Crippen LogP contribution in [0.15, 0.2) is 64.6 Å². The fraction of sp³-hybridized carbons (Fsp3) is 0.0952. The summed E-state index contributed by atoms with van der Waals surface area (Å²) in [6, 6.07) is 14.3. The predicted octanol–water partition coefficient (Wildman–Crippen LogP) is 5.23. The topological polar surface area (TPSA) is 84.2 Å². The van der Waals surface area contributed by atoms with Crippen LogP contribution in [-0.4, -0.2) is 16.8 Å². The summed E-state index contributed by atoms with van der Waals surface area (Å²) in [5, 5.41) is 8.39. The highest BCUT2D eigenvalue weighted by molar-refractivity contribution is 7.23. The van der Waals surface area contributed by atoms with Gasteiger partial charge in [-0.1, -0.05) is 23.7 Å². The maximum absolute atomic E-state index is 12.2. The molecule has 6 nitrogen and oxygen atoms in total. The van der Waals surface area contributed by atoms with E-state index in [1.165, 1.54) is 28.9 Å². The van der Waals surface area contributed by atoms with Crippen LogP contribution >= 0.6 is 34.3 Å². The van der Waals surface area contributed by atoms with Crippen molar-refractivity contribution >= 4 is 51.8 Å². The van der Waals surface area contributed by atoms with Crippen LogP contribution in [0.1, 0.15) is 21.8 Å². The van der Waals surface area contributed by atoms with Crippen molar-refractivity contribution in [1.29, 1.82) is 0 Å². The first kappa shape index (κ1) is 20.3. The zero-order valence-corrected chi connectivity index (χ0v) is 17.9. The molecule has 4 aromatic rings. The monoisotopic (exact) mass is 457 g/mol. The van der Waals surface area contributed by atoms with E-state index in [4.69, 9.17) is 16.0 Å². The first-order valence-corrected chi connectivity index (χ1v) is 11.0. The third kappa shape index (κ3) is 5.15. The molecule has 0 aliphatic carbocycles. The minimum absolute atomic E-state index is 0.105. The van der Waals surface area contributed by atoms with Gasteiger partial charge in [-0.15, -0.1) is 22.7 Å². The average Bonchev–Trinajstić information content (AvgIpc) is 3.49. The van der Waals surface area contributed by atoms with E-state index in [2.05, 4.69) is 15.6 Å². The Hall–Kier alpha value is -2.94. The molecule has 0 radical (unpaired) electrons. The second-order valence-electron chi connectivity index (χ2n) is 6.33. The Bertz CT molecular complexity index is 1150. The minimum Gasteiger partial charge on any atom is -0.459 e. The lowest BCUT2D eigenvalue weighted by Gasteiger charge is -2.07. The Labute approximate surface area is 185 Å². The van der Waals surface area contributed by atoms with Crippen LogP contribution in [0.5, 0.6) is 0 Å². The average molecular weight is 458 g/mol. The van der Waals surface area contributed by atoms with Gasteiger partial charge in [0.1, 0.15) is 5.01 Å². The Morgan fingerprint density at radius 1 is 1.10 bits per heavy atom. The molecule has 2 amide bonds. The number of halogens is 1. The van der Waals surface area contributed by atoms with Gasteiger partial charge in [-0.25, -0.2) is 4.98 Å². The number of furan rings is 1. The molecule has 0 bridgehead atoms. The van der Waals surface area contributed by atoms with E-state index in [1.54, 1.807) is 24.3 Å². The number of benzene rings is 1. The number of aromatic nitrogens is 1. The lowest BCUT2D eigenvalue weighted by Crippen LogP contribution is -2.24. The molecule has 0 aliphatic heterocycles. The van der Waals surface area contributed by atoms with Crippen molar-refractivity contribution in [1.82, 2.24) is 10.3 Å². The van der Waals surface area contributed by atoms with Gasteiger partial charge in [0.2, 0.25) is 5.91 Å². The molecule has 9 heteroatoms. The summed E-state index contributed by atoms with van der Waals surface area (Å²) in [5.74, 6) is -0.168. The fourth-order valence-electron chi connectivity index (χ4n) is 2.66. The number of nitrogens with zero attached hydrogens (tertiary/aromatic N) is 1. The molecule has 4 rings (SSSR count). The number of thiophene rings is 1. The number of nitrogens with one attached hydrogen (secondary N) is 2. The summed E-state index contributed by atoms with van der Waals surface area (Å²) in [5.41, 5.74) is 2.30. The van der Waals surface area contributed by atoms with E-state index in [0.717, 1.165) is 21.1 Å². The number of thiazole rings is 1. The third-order valence-corrected chi connectivity index (χ3v) is 6.42. The summed E-state index contributed by atoms with van der Waals surface area (Å²) in [6.07, 6.45) is 1.66. The van der Waals surface area contributed by atoms with Crippen LogP contribution in [0.2, 0.25) is 4.34 Å². The van der Waals surface area contributed by atoms with E-state index in [1.807, 2.05) is 29.6 Å². The van der Waals surface area contributed by atoms with Crippen molar-refractivity contribution in [2.24, 2.45) is 0 Å². The molecular weight excluding hydrogens is 442 g/mol. The van der Waals surface area contributed by atoms with Crippen molar-refractivity contribution in [3.05, 3.63) is 81.5 Å². The molecule has 152 valence electrons. The van der Waals surface area contributed by atoms with E-state index in [-0.39, 0.29) is 24.0 Å². The third-order valence-electron chi connectivity index (χ3n) is 4.12. The van der Waals surface area contributed by atoms with Gasteiger partial charge < -0.3 is 15.1 Å². The maximum atomic E-state index is 12.2. The summed E-state index contributed by atoms with van der Waals surface area (Å²) in [6.45, 7) is 0.392. The first-order chi connectivity index (χ1) is 14.6. The number of carbonyl (C=O) groups is 2. The summed E-state index contributed by atoms with van der Waals surface area (Å²) in [4.78, 5) is 29.7. The second kappa shape index (κ2) is 9.25. The predicted molar refractivity (Wildman–Crippen MR) is 119 cm³/mol. The van der Waals surface area contributed by atoms with Gasteiger partial charge in [-0.05, 0) is 42.0 Å². The normalized spacial score (nSPS) is 10.7. The van der Waals surface area contributed by atoms with Gasteiger partial charge >= 0.3 is 0 Å². The van der Waals surface area contributed by atoms with Crippen molar-refractivity contribution in [2.75, 3.05) is 5.32 Å². The van der Waals surface area contributed by atoms with Crippen molar-refractivity contribution < 1.29 is 14.0 Å². The Balaban J connectivity index is 1.27. The van der Waals surface area contributed by atoms with Crippen molar-refractivity contribution in [3.63, 3.8) is 0 Å². The second-order valence-corrected chi connectivity index (χ2v) is 8.90. The zero-order chi connectivity index (χ0) is 20.9. The van der Waals surface area contributed by atoms with Gasteiger partial charge in [-0.3, -0.25) is 9.59 Å². The van der Waals surface area contributed by atoms with Crippen LogP contribution in [0, 0.1) is 0 Å².